The molecule has 0 aliphatic rings. The Balaban J connectivity index is 3.44. The number of hydrogen-bond acceptors (Lipinski definition) is 3. The standard InChI is InChI=1S/C8H13O3/c1-3-4-5-11-8(10)7(2)6-9/h7H,3-5H2,1-2H3. The van der Waals surface area contributed by atoms with Gasteiger partial charge in [-0.05, 0) is 13.3 Å². The van der Waals surface area contributed by atoms with E-state index in [1.165, 1.54) is 6.92 Å². The summed E-state index contributed by atoms with van der Waals surface area (Å²) in [6.45, 7) is 3.88. The summed E-state index contributed by atoms with van der Waals surface area (Å²) in [6.07, 6.45) is 3.39. The predicted molar refractivity (Wildman–Crippen MR) is 40.7 cm³/mol. The van der Waals surface area contributed by atoms with Gasteiger partial charge in [-0.2, -0.15) is 0 Å². The molecular formula is C8H13O3. The van der Waals surface area contributed by atoms with Crippen molar-refractivity contribution in [3.05, 3.63) is 0 Å². The molecule has 0 rings (SSSR count). The van der Waals surface area contributed by atoms with Crippen molar-refractivity contribution in [1.29, 1.82) is 0 Å². The molecule has 0 heterocycles. The van der Waals surface area contributed by atoms with Crippen LogP contribution < -0.4 is 0 Å². The molecule has 0 spiro atoms. The van der Waals surface area contributed by atoms with E-state index in [1.807, 2.05) is 6.92 Å². The maximum atomic E-state index is 10.8. The van der Waals surface area contributed by atoms with Gasteiger partial charge in [0.15, 0.2) is 0 Å². The summed E-state index contributed by atoms with van der Waals surface area (Å²) in [7, 11) is 0. The molecule has 3 heteroatoms. The van der Waals surface area contributed by atoms with Crippen molar-refractivity contribution in [3.63, 3.8) is 0 Å². The summed E-state index contributed by atoms with van der Waals surface area (Å²) in [4.78, 5) is 20.7. The van der Waals surface area contributed by atoms with Crippen molar-refractivity contribution in [2.24, 2.45) is 5.92 Å². The monoisotopic (exact) mass is 157 g/mol. The number of ether oxygens (including phenoxy) is 1. The lowest BCUT2D eigenvalue weighted by molar-refractivity contribution is -0.145. The van der Waals surface area contributed by atoms with Crippen molar-refractivity contribution in [2.75, 3.05) is 6.61 Å². The molecule has 11 heavy (non-hydrogen) atoms. The van der Waals surface area contributed by atoms with Gasteiger partial charge in [-0.3, -0.25) is 9.59 Å². The predicted octanol–water partition coefficient (Wildman–Crippen LogP) is 1.08. The fourth-order valence-corrected chi connectivity index (χ4v) is 0.490. The van der Waals surface area contributed by atoms with Gasteiger partial charge in [-0.25, -0.2) is 0 Å². The number of carbonyl (C=O) groups excluding carboxylic acids is 2. The molecule has 0 aromatic carbocycles. The van der Waals surface area contributed by atoms with Gasteiger partial charge in [-0.1, -0.05) is 13.3 Å². The van der Waals surface area contributed by atoms with Crippen LogP contribution in [0, 0.1) is 5.92 Å². The number of rotatable bonds is 5. The fourth-order valence-electron chi connectivity index (χ4n) is 0.490. The third kappa shape index (κ3) is 4.53. The largest absolute Gasteiger partial charge is 0.465 e. The minimum atomic E-state index is -0.744. The molecule has 0 saturated heterocycles. The SMILES string of the molecule is CCCCOC(=O)C(C)[C]=O. The quantitative estimate of drug-likeness (QED) is 0.340. The minimum Gasteiger partial charge on any atom is -0.465 e. The Kier molecular flexibility index (Phi) is 5.43. The lowest BCUT2D eigenvalue weighted by Gasteiger charge is -2.03. The van der Waals surface area contributed by atoms with E-state index >= 15 is 0 Å². The van der Waals surface area contributed by atoms with Crippen LogP contribution in [0.2, 0.25) is 0 Å². The van der Waals surface area contributed by atoms with Gasteiger partial charge >= 0.3 is 5.97 Å². The second-order valence-electron chi connectivity index (χ2n) is 2.36. The molecule has 0 aromatic heterocycles. The van der Waals surface area contributed by atoms with Gasteiger partial charge in [0.2, 0.25) is 6.29 Å². The Bertz CT molecular complexity index is 131. The molecule has 0 aliphatic carbocycles. The Morgan fingerprint density at radius 1 is 1.64 bits per heavy atom. The maximum absolute atomic E-state index is 10.8. The molecule has 63 valence electrons. The molecule has 1 unspecified atom stereocenters. The number of carbonyl (C=O) groups is 1. The lowest BCUT2D eigenvalue weighted by atomic mass is 10.2. The normalized spacial score (nSPS) is 12.2. The molecule has 0 fully saturated rings. The molecule has 1 atom stereocenters. The van der Waals surface area contributed by atoms with Crippen molar-refractivity contribution >= 4 is 12.3 Å². The second-order valence-corrected chi connectivity index (χ2v) is 2.36. The average Bonchev–Trinajstić information content (AvgIpc) is 2.03. The van der Waals surface area contributed by atoms with Gasteiger partial charge in [0.25, 0.3) is 0 Å². The first kappa shape index (κ1) is 10.1. The summed E-state index contributed by atoms with van der Waals surface area (Å²) in [5, 5.41) is 0. The topological polar surface area (TPSA) is 43.4 Å². The van der Waals surface area contributed by atoms with Gasteiger partial charge in [0.1, 0.15) is 5.92 Å². The zero-order valence-electron chi connectivity index (χ0n) is 6.92. The number of unbranched alkanes of at least 4 members (excludes halogenated alkanes) is 1. The summed E-state index contributed by atoms with van der Waals surface area (Å²) < 4.78 is 4.73. The highest BCUT2D eigenvalue weighted by Crippen LogP contribution is 1.96. The van der Waals surface area contributed by atoms with Gasteiger partial charge < -0.3 is 4.74 Å². The van der Waals surface area contributed by atoms with E-state index in [0.29, 0.717) is 6.61 Å². The summed E-state index contributed by atoms with van der Waals surface area (Å²) in [6, 6.07) is 0. The highest BCUT2D eigenvalue weighted by Gasteiger charge is 2.12. The van der Waals surface area contributed by atoms with Crippen LogP contribution in [-0.2, 0) is 14.3 Å². The van der Waals surface area contributed by atoms with E-state index in [4.69, 9.17) is 4.74 Å². The molecule has 0 N–H and O–H groups in total. The summed E-state index contributed by atoms with van der Waals surface area (Å²) >= 11 is 0. The second kappa shape index (κ2) is 5.89. The van der Waals surface area contributed by atoms with E-state index in [9.17, 15) is 9.59 Å². The van der Waals surface area contributed by atoms with Gasteiger partial charge in [-0.15, -0.1) is 0 Å². The molecule has 0 aliphatic heterocycles. The van der Waals surface area contributed by atoms with Crippen LogP contribution in [0.3, 0.4) is 0 Å². The summed E-state index contributed by atoms with van der Waals surface area (Å²) in [5.74, 6) is -1.22. The van der Waals surface area contributed by atoms with E-state index in [0.717, 1.165) is 12.8 Å². The highest BCUT2D eigenvalue weighted by atomic mass is 16.5. The Hall–Kier alpha value is -0.860. The molecule has 0 saturated carbocycles. The zero-order chi connectivity index (χ0) is 8.69. The van der Waals surface area contributed by atoms with E-state index in [2.05, 4.69) is 0 Å². The van der Waals surface area contributed by atoms with Crippen LogP contribution in [0.1, 0.15) is 26.7 Å². The molecule has 1 radical (unpaired) electrons. The zero-order valence-corrected chi connectivity index (χ0v) is 6.92. The van der Waals surface area contributed by atoms with Gasteiger partial charge in [0.05, 0.1) is 6.61 Å². The van der Waals surface area contributed by atoms with Crippen LogP contribution in [-0.4, -0.2) is 18.9 Å². The molecule has 0 aromatic rings. The van der Waals surface area contributed by atoms with Crippen LogP contribution in [0.4, 0.5) is 0 Å². The van der Waals surface area contributed by atoms with E-state index in [1.54, 1.807) is 6.29 Å². The fraction of sp³-hybridized carbons (Fsp3) is 0.750. The van der Waals surface area contributed by atoms with Crippen molar-refractivity contribution in [2.45, 2.75) is 26.7 Å². The minimum absolute atomic E-state index is 0.404. The lowest BCUT2D eigenvalue weighted by Crippen LogP contribution is -2.16. The third-order valence-corrected chi connectivity index (χ3v) is 1.27. The maximum Gasteiger partial charge on any atom is 0.316 e. The van der Waals surface area contributed by atoms with Crippen LogP contribution in [0.15, 0.2) is 0 Å². The molecule has 0 amide bonds. The van der Waals surface area contributed by atoms with E-state index < -0.39 is 11.9 Å². The average molecular weight is 157 g/mol. The first-order chi connectivity index (χ1) is 5.22. The summed E-state index contributed by atoms with van der Waals surface area (Å²) in [5.41, 5.74) is 0. The Morgan fingerprint density at radius 2 is 2.27 bits per heavy atom. The third-order valence-electron chi connectivity index (χ3n) is 1.27. The molecule has 0 bridgehead atoms. The van der Waals surface area contributed by atoms with Crippen molar-refractivity contribution in [1.82, 2.24) is 0 Å². The van der Waals surface area contributed by atoms with Crippen LogP contribution in [0.25, 0.3) is 0 Å². The van der Waals surface area contributed by atoms with Crippen LogP contribution in [0.5, 0.6) is 0 Å². The number of hydrogen-bond donors (Lipinski definition) is 0. The Labute approximate surface area is 66.7 Å². The number of esters is 1. The first-order valence-corrected chi connectivity index (χ1v) is 3.76. The molecular weight excluding hydrogens is 144 g/mol. The smallest absolute Gasteiger partial charge is 0.316 e. The molecule has 3 nitrogen and oxygen atoms in total. The highest BCUT2D eigenvalue weighted by molar-refractivity contribution is 5.87. The van der Waals surface area contributed by atoms with E-state index in [-0.39, 0.29) is 0 Å². The van der Waals surface area contributed by atoms with Crippen LogP contribution >= 0.6 is 0 Å². The Morgan fingerprint density at radius 3 is 2.73 bits per heavy atom. The van der Waals surface area contributed by atoms with Crippen molar-refractivity contribution in [3.8, 4) is 0 Å². The van der Waals surface area contributed by atoms with Crippen molar-refractivity contribution < 1.29 is 14.3 Å². The van der Waals surface area contributed by atoms with Gasteiger partial charge in [0, 0.05) is 0 Å². The first-order valence-electron chi connectivity index (χ1n) is 3.76.